The summed E-state index contributed by atoms with van der Waals surface area (Å²) in [4.78, 5) is 5.28. The first-order valence-electron chi connectivity index (χ1n) is 11.8. The molecule has 4 aromatic rings. The molecule has 32 heavy (non-hydrogen) atoms. The molecule has 1 aromatic heterocycles. The van der Waals surface area contributed by atoms with E-state index < -0.39 is 0 Å². The number of pyridine rings is 1. The van der Waals surface area contributed by atoms with E-state index in [2.05, 4.69) is 103 Å². The molecular formula is C31H33N. The van der Waals surface area contributed by atoms with Crippen LogP contribution < -0.4 is 0 Å². The molecule has 0 fully saturated rings. The summed E-state index contributed by atoms with van der Waals surface area (Å²) < 4.78 is 0. The van der Waals surface area contributed by atoms with Crippen molar-refractivity contribution < 1.29 is 0 Å². The van der Waals surface area contributed by atoms with E-state index in [0.717, 1.165) is 17.6 Å². The van der Waals surface area contributed by atoms with E-state index in [-0.39, 0.29) is 5.41 Å². The lowest BCUT2D eigenvalue weighted by Gasteiger charge is -2.22. The third-order valence-electron chi connectivity index (χ3n) is 7.43. The van der Waals surface area contributed by atoms with Gasteiger partial charge in [0.1, 0.15) is 0 Å². The molecule has 1 heterocycles. The third kappa shape index (κ3) is 3.10. The lowest BCUT2D eigenvalue weighted by molar-refractivity contribution is 0.649. The van der Waals surface area contributed by atoms with E-state index >= 15 is 0 Å². The predicted molar refractivity (Wildman–Crippen MR) is 137 cm³/mol. The summed E-state index contributed by atoms with van der Waals surface area (Å²) in [7, 11) is 0. The van der Waals surface area contributed by atoms with Gasteiger partial charge in [-0.3, -0.25) is 0 Å². The Kier molecular flexibility index (Phi) is 4.78. The van der Waals surface area contributed by atoms with Gasteiger partial charge in [-0.25, -0.2) is 4.98 Å². The van der Waals surface area contributed by atoms with Crippen molar-refractivity contribution in [2.75, 3.05) is 0 Å². The zero-order valence-corrected chi connectivity index (χ0v) is 20.4. The van der Waals surface area contributed by atoms with Gasteiger partial charge in [-0.2, -0.15) is 0 Å². The fourth-order valence-electron chi connectivity index (χ4n) is 5.57. The smallest absolute Gasteiger partial charge is 0.0717 e. The van der Waals surface area contributed by atoms with Crippen molar-refractivity contribution in [2.24, 2.45) is 5.92 Å². The fraction of sp³-hybridized carbons (Fsp3) is 0.323. The monoisotopic (exact) mass is 419 g/mol. The Morgan fingerprint density at radius 2 is 1.53 bits per heavy atom. The van der Waals surface area contributed by atoms with Crippen LogP contribution in [0.5, 0.6) is 0 Å². The van der Waals surface area contributed by atoms with E-state index in [1.54, 1.807) is 0 Å². The van der Waals surface area contributed by atoms with Crippen LogP contribution in [-0.2, 0) is 11.8 Å². The summed E-state index contributed by atoms with van der Waals surface area (Å²) in [6, 6.07) is 20.5. The van der Waals surface area contributed by atoms with Gasteiger partial charge >= 0.3 is 0 Å². The number of aryl methyl sites for hydroxylation is 2. The highest BCUT2D eigenvalue weighted by molar-refractivity contribution is 5.94. The van der Waals surface area contributed by atoms with Crippen LogP contribution in [-0.4, -0.2) is 4.98 Å². The highest BCUT2D eigenvalue weighted by atomic mass is 14.7. The summed E-state index contributed by atoms with van der Waals surface area (Å²) in [5, 5.41) is 1.30. The van der Waals surface area contributed by atoms with Crippen LogP contribution >= 0.6 is 0 Å². The average Bonchev–Trinajstić information content (AvgIpc) is 2.97. The fourth-order valence-corrected chi connectivity index (χ4v) is 5.57. The topological polar surface area (TPSA) is 12.9 Å². The Labute approximate surface area is 192 Å². The van der Waals surface area contributed by atoms with Crippen LogP contribution in [0.25, 0.3) is 33.3 Å². The van der Waals surface area contributed by atoms with Crippen LogP contribution in [0.4, 0.5) is 0 Å². The van der Waals surface area contributed by atoms with Gasteiger partial charge in [-0.15, -0.1) is 0 Å². The molecule has 0 saturated carbocycles. The maximum absolute atomic E-state index is 5.28. The van der Waals surface area contributed by atoms with Gasteiger partial charge in [0.2, 0.25) is 0 Å². The second-order valence-electron chi connectivity index (χ2n) is 10.5. The standard InChI is InChI=1S/C31H33N/c1-18(2)14-22-15-29(30-20(4)13-12-19(3)21(30)5)32-28-17-27-25(16-24(22)28)23-10-8-9-11-26(23)31(27,6)7/h8-13,15-18H,14H2,1-7H3. The average molecular weight is 420 g/mol. The van der Waals surface area contributed by atoms with E-state index in [4.69, 9.17) is 4.98 Å². The van der Waals surface area contributed by atoms with E-state index in [0.29, 0.717) is 5.92 Å². The predicted octanol–water partition coefficient (Wildman–Crippen LogP) is 8.33. The lowest BCUT2D eigenvalue weighted by Crippen LogP contribution is -2.15. The Morgan fingerprint density at radius 3 is 2.28 bits per heavy atom. The molecular weight excluding hydrogens is 386 g/mol. The largest absolute Gasteiger partial charge is 0.248 e. The molecule has 0 unspecified atom stereocenters. The first-order chi connectivity index (χ1) is 15.2. The Bertz CT molecular complexity index is 1370. The zero-order chi connectivity index (χ0) is 22.8. The molecule has 0 aliphatic heterocycles. The van der Waals surface area contributed by atoms with Crippen molar-refractivity contribution in [3.05, 3.63) is 88.0 Å². The Balaban J connectivity index is 1.83. The second-order valence-corrected chi connectivity index (χ2v) is 10.5. The molecule has 0 spiro atoms. The number of nitrogens with zero attached hydrogens (tertiary/aromatic N) is 1. The normalized spacial score (nSPS) is 14.1. The minimum atomic E-state index is -0.00875. The summed E-state index contributed by atoms with van der Waals surface area (Å²) in [6.45, 7) is 15.9. The molecule has 0 bridgehead atoms. The molecule has 5 rings (SSSR count). The van der Waals surface area contributed by atoms with Gasteiger partial charge in [0.25, 0.3) is 0 Å². The van der Waals surface area contributed by atoms with Crippen LogP contribution in [0, 0.1) is 26.7 Å². The number of benzene rings is 3. The molecule has 0 saturated heterocycles. The van der Waals surface area contributed by atoms with Crippen molar-refractivity contribution in [3.8, 4) is 22.4 Å². The highest BCUT2D eigenvalue weighted by Crippen LogP contribution is 2.50. The van der Waals surface area contributed by atoms with Gasteiger partial charge in [0.05, 0.1) is 11.2 Å². The second kappa shape index (κ2) is 7.30. The molecule has 162 valence electrons. The first kappa shape index (κ1) is 20.9. The van der Waals surface area contributed by atoms with Crippen LogP contribution in [0.15, 0.2) is 54.6 Å². The maximum atomic E-state index is 5.28. The number of hydrogen-bond donors (Lipinski definition) is 0. The molecule has 1 aliphatic rings. The maximum Gasteiger partial charge on any atom is 0.0717 e. The number of rotatable bonds is 3. The Morgan fingerprint density at radius 1 is 0.812 bits per heavy atom. The van der Waals surface area contributed by atoms with Gasteiger partial charge < -0.3 is 0 Å². The molecule has 1 aliphatic carbocycles. The molecule has 0 radical (unpaired) electrons. The summed E-state index contributed by atoms with van der Waals surface area (Å²) in [5.74, 6) is 0.588. The van der Waals surface area contributed by atoms with Crippen molar-refractivity contribution >= 4 is 10.9 Å². The van der Waals surface area contributed by atoms with E-state index in [1.807, 2.05) is 0 Å². The highest BCUT2D eigenvalue weighted by Gasteiger charge is 2.35. The Hall–Kier alpha value is -2.93. The van der Waals surface area contributed by atoms with Crippen molar-refractivity contribution in [3.63, 3.8) is 0 Å². The third-order valence-corrected chi connectivity index (χ3v) is 7.43. The molecule has 3 aromatic carbocycles. The van der Waals surface area contributed by atoms with Gasteiger partial charge in [-0.05, 0) is 95.8 Å². The number of hydrogen-bond acceptors (Lipinski definition) is 1. The molecule has 1 heteroatoms. The number of aromatic nitrogens is 1. The van der Waals surface area contributed by atoms with E-state index in [9.17, 15) is 0 Å². The van der Waals surface area contributed by atoms with Gasteiger partial charge in [-0.1, -0.05) is 64.1 Å². The molecule has 0 N–H and O–H groups in total. The SMILES string of the molecule is Cc1ccc(C)c(-c2cc(CC(C)C)c3cc4c(cc3n2)C(C)(C)c2ccccc2-4)c1C. The van der Waals surface area contributed by atoms with Crippen molar-refractivity contribution in [1.82, 2.24) is 4.98 Å². The molecule has 0 amide bonds. The minimum Gasteiger partial charge on any atom is -0.248 e. The van der Waals surface area contributed by atoms with Crippen molar-refractivity contribution in [2.45, 2.75) is 60.3 Å². The quantitative estimate of drug-likeness (QED) is 0.325. The summed E-state index contributed by atoms with van der Waals surface area (Å²) in [5.41, 5.74) is 14.4. The zero-order valence-electron chi connectivity index (χ0n) is 20.4. The molecule has 1 nitrogen and oxygen atoms in total. The summed E-state index contributed by atoms with van der Waals surface area (Å²) in [6.07, 6.45) is 1.06. The van der Waals surface area contributed by atoms with E-state index in [1.165, 1.54) is 55.5 Å². The van der Waals surface area contributed by atoms with Gasteiger partial charge in [0.15, 0.2) is 0 Å². The van der Waals surface area contributed by atoms with Crippen molar-refractivity contribution in [1.29, 1.82) is 0 Å². The van der Waals surface area contributed by atoms with Gasteiger partial charge in [0, 0.05) is 16.4 Å². The lowest BCUT2D eigenvalue weighted by atomic mass is 9.82. The van der Waals surface area contributed by atoms with Crippen LogP contribution in [0.1, 0.15) is 61.1 Å². The van der Waals surface area contributed by atoms with Crippen LogP contribution in [0.2, 0.25) is 0 Å². The first-order valence-corrected chi connectivity index (χ1v) is 11.8. The molecule has 0 atom stereocenters. The number of fused-ring (bicyclic) bond motifs is 4. The minimum absolute atomic E-state index is 0.00875. The van der Waals surface area contributed by atoms with Crippen LogP contribution in [0.3, 0.4) is 0 Å². The summed E-state index contributed by atoms with van der Waals surface area (Å²) >= 11 is 0.